The van der Waals surface area contributed by atoms with E-state index in [0.717, 1.165) is 56.1 Å². The zero-order valence-corrected chi connectivity index (χ0v) is 21.9. The van der Waals surface area contributed by atoms with Crippen molar-refractivity contribution in [2.75, 3.05) is 59.5 Å². The lowest BCUT2D eigenvalue weighted by Gasteiger charge is -2.38. The van der Waals surface area contributed by atoms with Crippen LogP contribution < -0.4 is 10.1 Å². The summed E-state index contributed by atoms with van der Waals surface area (Å²) >= 11 is 0. The van der Waals surface area contributed by atoms with E-state index in [9.17, 15) is 9.59 Å². The van der Waals surface area contributed by atoms with Gasteiger partial charge in [0.2, 0.25) is 11.8 Å². The van der Waals surface area contributed by atoms with Gasteiger partial charge in [0, 0.05) is 39.3 Å². The van der Waals surface area contributed by atoms with Crippen molar-refractivity contribution in [2.24, 2.45) is 11.8 Å². The van der Waals surface area contributed by atoms with Crippen molar-refractivity contribution >= 4 is 11.8 Å². The number of carbonyl (C=O) groups is 2. The van der Waals surface area contributed by atoms with Gasteiger partial charge in [-0.2, -0.15) is 0 Å². The van der Waals surface area contributed by atoms with E-state index in [2.05, 4.69) is 29.0 Å². The highest BCUT2D eigenvalue weighted by molar-refractivity contribution is 5.79. The van der Waals surface area contributed by atoms with Gasteiger partial charge in [0.1, 0.15) is 5.75 Å². The van der Waals surface area contributed by atoms with Crippen molar-refractivity contribution in [1.29, 1.82) is 0 Å². The van der Waals surface area contributed by atoms with Crippen LogP contribution in [0.15, 0.2) is 54.6 Å². The molecule has 0 saturated carbocycles. The monoisotopic (exact) mass is 492 g/mol. The fourth-order valence-electron chi connectivity index (χ4n) is 5.47. The molecule has 3 atom stereocenters. The number of benzene rings is 2. The van der Waals surface area contributed by atoms with Crippen LogP contribution in [0, 0.1) is 11.8 Å². The molecule has 0 unspecified atom stereocenters. The maximum Gasteiger partial charge on any atom is 0.236 e. The number of piperazine rings is 1. The number of ether oxygens (including phenoxy) is 1. The van der Waals surface area contributed by atoms with Gasteiger partial charge in [-0.3, -0.25) is 19.4 Å². The molecule has 0 spiro atoms. The van der Waals surface area contributed by atoms with Crippen molar-refractivity contribution in [3.63, 3.8) is 0 Å². The van der Waals surface area contributed by atoms with E-state index in [1.54, 1.807) is 7.11 Å². The number of hydrogen-bond acceptors (Lipinski definition) is 5. The predicted octanol–water partition coefficient (Wildman–Crippen LogP) is 3.02. The molecular weight excluding hydrogens is 452 g/mol. The van der Waals surface area contributed by atoms with Gasteiger partial charge in [0.15, 0.2) is 0 Å². The Bertz CT molecular complexity index is 979. The molecule has 0 bridgehead atoms. The van der Waals surface area contributed by atoms with Crippen LogP contribution in [0.1, 0.15) is 37.4 Å². The molecule has 0 aliphatic carbocycles. The minimum atomic E-state index is -0.224. The SMILES string of the molecule is COc1ccc([C@H](NC(=O)CN2CCN(CC(=O)N3C[C@@H](C)C[C@H](C)C3)CC2)c2ccccc2)cc1. The molecule has 2 aliphatic rings. The second-order valence-corrected chi connectivity index (χ2v) is 10.5. The third kappa shape index (κ3) is 7.08. The number of likely N-dealkylation sites (tertiary alicyclic amines) is 1. The number of methoxy groups -OCH3 is 1. The van der Waals surface area contributed by atoms with Gasteiger partial charge in [-0.25, -0.2) is 0 Å². The van der Waals surface area contributed by atoms with Crippen molar-refractivity contribution in [1.82, 2.24) is 20.0 Å². The Morgan fingerprint density at radius 1 is 0.861 bits per heavy atom. The molecule has 2 saturated heterocycles. The van der Waals surface area contributed by atoms with Crippen LogP contribution in [0.25, 0.3) is 0 Å². The summed E-state index contributed by atoms with van der Waals surface area (Å²) in [5.74, 6) is 2.18. The van der Waals surface area contributed by atoms with Crippen LogP contribution in [0.4, 0.5) is 0 Å². The highest BCUT2D eigenvalue weighted by Crippen LogP contribution is 2.24. The van der Waals surface area contributed by atoms with Crippen molar-refractivity contribution in [3.8, 4) is 5.75 Å². The molecular formula is C29H40N4O3. The molecule has 2 heterocycles. The zero-order chi connectivity index (χ0) is 25.5. The van der Waals surface area contributed by atoms with Gasteiger partial charge in [0.05, 0.1) is 26.2 Å². The average molecular weight is 493 g/mol. The van der Waals surface area contributed by atoms with E-state index >= 15 is 0 Å². The molecule has 2 aromatic carbocycles. The van der Waals surface area contributed by atoms with Gasteiger partial charge >= 0.3 is 0 Å². The molecule has 2 amide bonds. The molecule has 0 radical (unpaired) electrons. The number of hydrogen-bond donors (Lipinski definition) is 1. The maximum atomic E-state index is 13.1. The normalized spacial score (nSPS) is 22.1. The minimum absolute atomic E-state index is 0.000453. The quantitative estimate of drug-likeness (QED) is 0.614. The van der Waals surface area contributed by atoms with Gasteiger partial charge in [-0.05, 0) is 41.5 Å². The van der Waals surface area contributed by atoms with E-state index in [1.807, 2.05) is 59.5 Å². The predicted molar refractivity (Wildman–Crippen MR) is 142 cm³/mol. The lowest BCUT2D eigenvalue weighted by Crippen LogP contribution is -2.53. The summed E-state index contributed by atoms with van der Waals surface area (Å²) in [6, 6.07) is 17.6. The Kier molecular flexibility index (Phi) is 8.99. The summed E-state index contributed by atoms with van der Waals surface area (Å²) in [6.07, 6.45) is 1.20. The first-order valence-corrected chi connectivity index (χ1v) is 13.1. The minimum Gasteiger partial charge on any atom is -0.497 e. The first-order valence-electron chi connectivity index (χ1n) is 13.1. The second kappa shape index (κ2) is 12.4. The first-order chi connectivity index (χ1) is 17.4. The highest BCUT2D eigenvalue weighted by Gasteiger charge is 2.28. The van der Waals surface area contributed by atoms with E-state index in [0.29, 0.717) is 24.9 Å². The molecule has 194 valence electrons. The fraction of sp³-hybridized carbons (Fsp3) is 0.517. The average Bonchev–Trinajstić information content (AvgIpc) is 2.88. The second-order valence-electron chi connectivity index (χ2n) is 10.5. The Hall–Kier alpha value is -2.90. The smallest absolute Gasteiger partial charge is 0.236 e. The molecule has 1 N–H and O–H groups in total. The maximum absolute atomic E-state index is 13.1. The van der Waals surface area contributed by atoms with Gasteiger partial charge in [-0.1, -0.05) is 56.3 Å². The van der Waals surface area contributed by atoms with Gasteiger partial charge < -0.3 is 15.0 Å². The Morgan fingerprint density at radius 3 is 2.00 bits per heavy atom. The van der Waals surface area contributed by atoms with Crippen LogP contribution in [-0.4, -0.2) is 86.0 Å². The summed E-state index contributed by atoms with van der Waals surface area (Å²) < 4.78 is 5.29. The highest BCUT2D eigenvalue weighted by atomic mass is 16.5. The lowest BCUT2D eigenvalue weighted by molar-refractivity contribution is -0.135. The van der Waals surface area contributed by atoms with Crippen molar-refractivity contribution in [2.45, 2.75) is 26.3 Å². The molecule has 7 heteroatoms. The number of nitrogens with zero attached hydrogens (tertiary/aromatic N) is 3. The van der Waals surface area contributed by atoms with Gasteiger partial charge in [-0.15, -0.1) is 0 Å². The van der Waals surface area contributed by atoms with Crippen LogP contribution in [0.5, 0.6) is 5.75 Å². The van der Waals surface area contributed by atoms with Crippen molar-refractivity contribution < 1.29 is 14.3 Å². The molecule has 2 fully saturated rings. The number of amides is 2. The molecule has 2 aliphatic heterocycles. The first kappa shape index (κ1) is 26.2. The number of rotatable bonds is 8. The Morgan fingerprint density at radius 2 is 1.42 bits per heavy atom. The summed E-state index contributed by atoms with van der Waals surface area (Å²) in [5, 5.41) is 3.23. The number of carbonyl (C=O) groups excluding carboxylic acids is 2. The molecule has 36 heavy (non-hydrogen) atoms. The summed E-state index contributed by atoms with van der Waals surface area (Å²) in [6.45, 7) is 10.2. The van der Waals surface area contributed by atoms with Crippen LogP contribution in [-0.2, 0) is 9.59 Å². The standard InChI is InChI=1S/C29H40N4O3/c1-22-17-23(2)19-33(18-22)28(35)21-32-15-13-31(14-16-32)20-27(34)30-29(24-7-5-4-6-8-24)25-9-11-26(36-3)12-10-25/h4-12,22-23,29H,13-21H2,1-3H3,(H,30,34)/t22-,23-,29+/m0/s1. The Balaban J connectivity index is 1.28. The summed E-state index contributed by atoms with van der Waals surface area (Å²) in [7, 11) is 1.65. The van der Waals surface area contributed by atoms with E-state index < -0.39 is 0 Å². The van der Waals surface area contributed by atoms with Crippen LogP contribution in [0.3, 0.4) is 0 Å². The molecule has 2 aromatic rings. The van der Waals surface area contributed by atoms with E-state index in [4.69, 9.17) is 4.74 Å². The zero-order valence-electron chi connectivity index (χ0n) is 21.9. The Labute approximate surface area is 215 Å². The van der Waals surface area contributed by atoms with Gasteiger partial charge in [0.25, 0.3) is 0 Å². The number of piperidine rings is 1. The van der Waals surface area contributed by atoms with E-state index in [-0.39, 0.29) is 17.9 Å². The topological polar surface area (TPSA) is 65.1 Å². The third-order valence-electron chi connectivity index (χ3n) is 7.30. The lowest BCUT2D eigenvalue weighted by atomic mass is 9.92. The summed E-state index contributed by atoms with van der Waals surface area (Å²) in [5.41, 5.74) is 2.06. The number of nitrogens with one attached hydrogen (secondary N) is 1. The molecule has 0 aromatic heterocycles. The van der Waals surface area contributed by atoms with Crippen molar-refractivity contribution in [3.05, 3.63) is 65.7 Å². The van der Waals surface area contributed by atoms with Crippen LogP contribution in [0.2, 0.25) is 0 Å². The fourth-order valence-corrected chi connectivity index (χ4v) is 5.47. The van der Waals surface area contributed by atoms with Crippen LogP contribution >= 0.6 is 0 Å². The van der Waals surface area contributed by atoms with E-state index in [1.165, 1.54) is 6.42 Å². The molecule has 7 nitrogen and oxygen atoms in total. The molecule has 4 rings (SSSR count). The largest absolute Gasteiger partial charge is 0.497 e. The third-order valence-corrected chi connectivity index (χ3v) is 7.30. The summed E-state index contributed by atoms with van der Waals surface area (Å²) in [4.78, 5) is 32.4.